The summed E-state index contributed by atoms with van der Waals surface area (Å²) in [4.78, 5) is 4.31. The van der Waals surface area contributed by atoms with E-state index in [9.17, 15) is 0 Å². The molecule has 2 rings (SSSR count). The van der Waals surface area contributed by atoms with E-state index >= 15 is 0 Å². The van der Waals surface area contributed by atoms with E-state index < -0.39 is 0 Å². The van der Waals surface area contributed by atoms with Gasteiger partial charge in [0, 0.05) is 23.3 Å². The molecule has 0 bridgehead atoms. The van der Waals surface area contributed by atoms with Gasteiger partial charge in [0.1, 0.15) is 5.75 Å². The molecule has 0 saturated carbocycles. The Morgan fingerprint density at radius 3 is 2.75 bits per heavy atom. The van der Waals surface area contributed by atoms with E-state index in [0.717, 1.165) is 29.7 Å². The fourth-order valence-corrected chi connectivity index (χ4v) is 2.00. The van der Waals surface area contributed by atoms with E-state index in [1.807, 2.05) is 37.4 Å². The highest BCUT2D eigenvalue weighted by atomic mass is 35.5. The fourth-order valence-electron chi connectivity index (χ4n) is 1.84. The lowest BCUT2D eigenvalue weighted by Gasteiger charge is -2.10. The van der Waals surface area contributed by atoms with Crippen LogP contribution in [0.15, 0.2) is 36.5 Å². The molecule has 20 heavy (non-hydrogen) atoms. The molecule has 1 atom stereocenters. The van der Waals surface area contributed by atoms with E-state index in [1.165, 1.54) is 0 Å². The first kappa shape index (κ1) is 14.8. The van der Waals surface area contributed by atoms with Crippen LogP contribution in [-0.2, 0) is 6.42 Å². The first-order chi connectivity index (χ1) is 9.58. The van der Waals surface area contributed by atoms with Crippen molar-refractivity contribution in [1.82, 2.24) is 4.98 Å². The molecule has 0 amide bonds. The molecule has 1 heterocycles. The summed E-state index contributed by atoms with van der Waals surface area (Å²) in [5, 5.41) is 0.649. The van der Waals surface area contributed by atoms with Crippen LogP contribution in [-0.4, -0.2) is 11.0 Å². The van der Waals surface area contributed by atoms with Gasteiger partial charge in [-0.05, 0) is 43.0 Å². The van der Waals surface area contributed by atoms with E-state index in [1.54, 1.807) is 6.07 Å². The fraction of sp³-hybridized carbons (Fsp3) is 0.312. The SMILES string of the molecule is CCC(N)Cc1ccc(Oc2cc(Cl)ccc2C)nc1. The Kier molecular flexibility index (Phi) is 4.99. The molecule has 3 nitrogen and oxygen atoms in total. The summed E-state index contributed by atoms with van der Waals surface area (Å²) >= 11 is 5.97. The van der Waals surface area contributed by atoms with Gasteiger partial charge < -0.3 is 10.5 Å². The Balaban J connectivity index is 2.09. The number of nitrogens with two attached hydrogens (primary N) is 1. The lowest BCUT2D eigenvalue weighted by Crippen LogP contribution is -2.21. The molecule has 4 heteroatoms. The van der Waals surface area contributed by atoms with E-state index in [4.69, 9.17) is 22.1 Å². The molecule has 0 spiro atoms. The molecule has 106 valence electrons. The van der Waals surface area contributed by atoms with Crippen LogP contribution < -0.4 is 10.5 Å². The third-order valence-electron chi connectivity index (χ3n) is 3.18. The van der Waals surface area contributed by atoms with Gasteiger partial charge in [0.15, 0.2) is 0 Å². The summed E-state index contributed by atoms with van der Waals surface area (Å²) in [6.45, 7) is 4.05. The summed E-state index contributed by atoms with van der Waals surface area (Å²) in [5.74, 6) is 1.28. The molecule has 0 radical (unpaired) electrons. The average molecular weight is 291 g/mol. The maximum Gasteiger partial charge on any atom is 0.219 e. The monoisotopic (exact) mass is 290 g/mol. The number of aryl methyl sites for hydroxylation is 1. The number of ether oxygens (including phenoxy) is 1. The minimum atomic E-state index is 0.179. The van der Waals surface area contributed by atoms with Crippen LogP contribution >= 0.6 is 11.6 Å². The van der Waals surface area contributed by atoms with Gasteiger partial charge in [-0.1, -0.05) is 30.7 Å². The maximum absolute atomic E-state index is 5.97. The zero-order chi connectivity index (χ0) is 14.5. The minimum Gasteiger partial charge on any atom is -0.439 e. The standard InChI is InChI=1S/C16H19ClN2O/c1-3-14(18)8-12-5-7-16(19-10-12)20-15-9-13(17)6-4-11(15)2/h4-7,9-10,14H,3,8,18H2,1-2H3. The molecule has 1 aromatic carbocycles. The summed E-state index contributed by atoms with van der Waals surface area (Å²) in [5.41, 5.74) is 8.07. The molecule has 2 N–H and O–H groups in total. The van der Waals surface area contributed by atoms with Crippen molar-refractivity contribution in [2.24, 2.45) is 5.73 Å². The third-order valence-corrected chi connectivity index (χ3v) is 3.42. The predicted molar refractivity (Wildman–Crippen MR) is 82.5 cm³/mol. The van der Waals surface area contributed by atoms with Crippen LogP contribution in [0.25, 0.3) is 0 Å². The zero-order valence-electron chi connectivity index (χ0n) is 11.8. The quantitative estimate of drug-likeness (QED) is 0.901. The molecule has 0 aliphatic carbocycles. The highest BCUT2D eigenvalue weighted by molar-refractivity contribution is 6.30. The van der Waals surface area contributed by atoms with Crippen LogP contribution in [0, 0.1) is 6.92 Å². The van der Waals surface area contributed by atoms with Gasteiger partial charge >= 0.3 is 0 Å². The zero-order valence-corrected chi connectivity index (χ0v) is 12.5. The number of rotatable bonds is 5. The van der Waals surface area contributed by atoms with E-state index in [-0.39, 0.29) is 6.04 Å². The van der Waals surface area contributed by atoms with E-state index in [2.05, 4.69) is 11.9 Å². The van der Waals surface area contributed by atoms with Crippen LogP contribution in [0.1, 0.15) is 24.5 Å². The third kappa shape index (κ3) is 3.95. The number of benzene rings is 1. The van der Waals surface area contributed by atoms with Gasteiger partial charge in [-0.2, -0.15) is 0 Å². The number of halogens is 1. The smallest absolute Gasteiger partial charge is 0.219 e. The van der Waals surface area contributed by atoms with Gasteiger partial charge in [0.25, 0.3) is 0 Å². The average Bonchev–Trinajstić information content (AvgIpc) is 2.45. The van der Waals surface area contributed by atoms with Gasteiger partial charge in [-0.3, -0.25) is 0 Å². The topological polar surface area (TPSA) is 48.1 Å². The second kappa shape index (κ2) is 6.73. The highest BCUT2D eigenvalue weighted by Crippen LogP contribution is 2.26. The molecular weight excluding hydrogens is 272 g/mol. The van der Waals surface area contributed by atoms with Gasteiger partial charge in [-0.25, -0.2) is 4.98 Å². The second-order valence-electron chi connectivity index (χ2n) is 4.89. The molecular formula is C16H19ClN2O. The van der Waals surface area contributed by atoms with Crippen LogP contribution in [0.2, 0.25) is 5.02 Å². The Morgan fingerprint density at radius 1 is 1.30 bits per heavy atom. The predicted octanol–water partition coefficient (Wildman–Crippen LogP) is 4.12. The summed E-state index contributed by atoms with van der Waals surface area (Å²) < 4.78 is 5.75. The van der Waals surface area contributed by atoms with Gasteiger partial charge in [0.2, 0.25) is 5.88 Å². The normalized spacial score (nSPS) is 12.2. The Labute approximate surface area is 124 Å². The maximum atomic E-state index is 5.97. The van der Waals surface area contributed by atoms with Crippen molar-refractivity contribution >= 4 is 11.6 Å². The highest BCUT2D eigenvalue weighted by Gasteiger charge is 2.05. The Morgan fingerprint density at radius 2 is 2.10 bits per heavy atom. The molecule has 0 fully saturated rings. The van der Waals surface area contributed by atoms with Crippen molar-refractivity contribution in [3.63, 3.8) is 0 Å². The van der Waals surface area contributed by atoms with Crippen molar-refractivity contribution in [2.45, 2.75) is 32.7 Å². The molecule has 0 aliphatic rings. The summed E-state index contributed by atoms with van der Waals surface area (Å²) in [6.07, 6.45) is 3.60. The van der Waals surface area contributed by atoms with Crippen LogP contribution in [0.5, 0.6) is 11.6 Å². The molecule has 1 unspecified atom stereocenters. The van der Waals surface area contributed by atoms with E-state index in [0.29, 0.717) is 10.9 Å². The summed E-state index contributed by atoms with van der Waals surface area (Å²) in [7, 11) is 0. The van der Waals surface area contributed by atoms with Gasteiger partial charge in [-0.15, -0.1) is 0 Å². The lowest BCUT2D eigenvalue weighted by molar-refractivity contribution is 0.459. The number of pyridine rings is 1. The minimum absolute atomic E-state index is 0.179. The molecule has 0 saturated heterocycles. The van der Waals surface area contributed by atoms with Crippen LogP contribution in [0.3, 0.4) is 0 Å². The van der Waals surface area contributed by atoms with Gasteiger partial charge in [0.05, 0.1) is 0 Å². The molecule has 0 aliphatic heterocycles. The van der Waals surface area contributed by atoms with Crippen molar-refractivity contribution in [3.8, 4) is 11.6 Å². The number of hydrogen-bond acceptors (Lipinski definition) is 3. The van der Waals surface area contributed by atoms with Crippen molar-refractivity contribution < 1.29 is 4.74 Å². The largest absolute Gasteiger partial charge is 0.439 e. The molecule has 1 aromatic heterocycles. The first-order valence-corrected chi connectivity index (χ1v) is 7.10. The Bertz CT molecular complexity index is 569. The Hall–Kier alpha value is -1.58. The number of hydrogen-bond donors (Lipinski definition) is 1. The summed E-state index contributed by atoms with van der Waals surface area (Å²) in [6, 6.07) is 9.59. The van der Waals surface area contributed by atoms with Crippen molar-refractivity contribution in [2.75, 3.05) is 0 Å². The van der Waals surface area contributed by atoms with Crippen molar-refractivity contribution in [1.29, 1.82) is 0 Å². The molecule has 2 aromatic rings. The van der Waals surface area contributed by atoms with Crippen molar-refractivity contribution in [3.05, 3.63) is 52.7 Å². The first-order valence-electron chi connectivity index (χ1n) is 6.73. The number of aromatic nitrogens is 1. The second-order valence-corrected chi connectivity index (χ2v) is 5.33. The number of nitrogens with zero attached hydrogens (tertiary/aromatic N) is 1. The van der Waals surface area contributed by atoms with Crippen LogP contribution in [0.4, 0.5) is 0 Å². The lowest BCUT2D eigenvalue weighted by atomic mass is 10.1.